The van der Waals surface area contributed by atoms with Crippen LogP contribution in [0.25, 0.3) is 10.9 Å². The van der Waals surface area contributed by atoms with Crippen molar-refractivity contribution < 1.29 is 14.3 Å². The number of carbonyl (C=O) groups excluding carboxylic acids is 2. The van der Waals surface area contributed by atoms with E-state index in [9.17, 15) is 9.59 Å². The highest BCUT2D eigenvalue weighted by Gasteiger charge is 2.37. The maximum Gasteiger partial charge on any atom is 0.258 e. The van der Waals surface area contributed by atoms with Crippen molar-refractivity contribution in [1.82, 2.24) is 15.2 Å². The topological polar surface area (TPSA) is 71.5 Å². The van der Waals surface area contributed by atoms with Crippen LogP contribution in [0.15, 0.2) is 66.9 Å². The zero-order valence-corrected chi connectivity index (χ0v) is 18.6. The van der Waals surface area contributed by atoms with Crippen LogP contribution < -0.4 is 10.1 Å². The number of carbonyl (C=O) groups is 2. The summed E-state index contributed by atoms with van der Waals surface area (Å²) in [7, 11) is 0. The second-order valence-corrected chi connectivity index (χ2v) is 8.87. The molecular formula is C26H29N3O3. The van der Waals surface area contributed by atoms with Crippen molar-refractivity contribution in [2.24, 2.45) is 5.92 Å². The summed E-state index contributed by atoms with van der Waals surface area (Å²) in [5, 5.41) is 4.00. The second-order valence-electron chi connectivity index (χ2n) is 8.87. The monoisotopic (exact) mass is 431 g/mol. The Kier molecular flexibility index (Phi) is 6.40. The maximum atomic E-state index is 13.1. The summed E-state index contributed by atoms with van der Waals surface area (Å²) in [4.78, 5) is 31.8. The zero-order chi connectivity index (χ0) is 22.6. The summed E-state index contributed by atoms with van der Waals surface area (Å²) in [6.07, 6.45) is 3.66. The predicted octanol–water partition coefficient (Wildman–Crippen LogP) is 3.60. The molecule has 1 unspecified atom stereocenters. The van der Waals surface area contributed by atoms with Crippen LogP contribution in [0, 0.1) is 5.92 Å². The summed E-state index contributed by atoms with van der Waals surface area (Å²) in [5.41, 5.74) is 1.27. The largest absolute Gasteiger partial charge is 0.484 e. The van der Waals surface area contributed by atoms with Crippen LogP contribution in [0.2, 0.25) is 0 Å². The minimum absolute atomic E-state index is 0.0624. The molecule has 0 radical (unpaired) electrons. The Bertz CT molecular complexity index is 1090. The molecule has 6 nitrogen and oxygen atoms in total. The number of fused-ring (bicyclic) bond motifs is 1. The SMILES string of the molecule is CC(C)(NC(=O)COc1ccccc1)C(=O)N1CCC(Cc2cccc3ncccc23)C1. The van der Waals surface area contributed by atoms with Crippen molar-refractivity contribution >= 4 is 22.7 Å². The lowest BCUT2D eigenvalue weighted by Crippen LogP contribution is -2.56. The van der Waals surface area contributed by atoms with Gasteiger partial charge in [0.05, 0.1) is 5.52 Å². The number of nitrogens with zero attached hydrogens (tertiary/aromatic N) is 2. The number of aromatic nitrogens is 1. The lowest BCUT2D eigenvalue weighted by Gasteiger charge is -2.30. The first-order valence-electron chi connectivity index (χ1n) is 11.0. The van der Waals surface area contributed by atoms with Gasteiger partial charge in [-0.1, -0.05) is 36.4 Å². The van der Waals surface area contributed by atoms with Crippen LogP contribution >= 0.6 is 0 Å². The summed E-state index contributed by atoms with van der Waals surface area (Å²) in [6, 6.07) is 19.4. The van der Waals surface area contributed by atoms with E-state index in [-0.39, 0.29) is 18.4 Å². The van der Waals surface area contributed by atoms with Crippen molar-refractivity contribution in [2.75, 3.05) is 19.7 Å². The number of rotatable bonds is 7. The van der Waals surface area contributed by atoms with Gasteiger partial charge in [0.25, 0.3) is 5.91 Å². The Morgan fingerprint density at radius 3 is 2.72 bits per heavy atom. The van der Waals surface area contributed by atoms with Gasteiger partial charge in [-0.2, -0.15) is 0 Å². The third-order valence-corrected chi connectivity index (χ3v) is 5.92. The highest BCUT2D eigenvalue weighted by molar-refractivity contribution is 5.91. The van der Waals surface area contributed by atoms with E-state index in [4.69, 9.17) is 4.74 Å². The van der Waals surface area contributed by atoms with Crippen molar-refractivity contribution in [2.45, 2.75) is 32.2 Å². The standard InChI is InChI=1S/C26H29N3O3/c1-26(2,28-24(30)18-32-21-9-4-3-5-10-21)25(31)29-15-13-19(17-29)16-20-8-6-12-23-22(20)11-7-14-27-23/h3-12,14,19H,13,15-18H2,1-2H3,(H,28,30). The van der Waals surface area contributed by atoms with Gasteiger partial charge in [-0.15, -0.1) is 0 Å². The molecule has 1 aliphatic rings. The lowest BCUT2D eigenvalue weighted by atomic mass is 9.95. The fourth-order valence-electron chi connectivity index (χ4n) is 4.34. The van der Waals surface area contributed by atoms with Gasteiger partial charge in [0, 0.05) is 24.7 Å². The number of hydrogen-bond acceptors (Lipinski definition) is 4. The summed E-state index contributed by atoms with van der Waals surface area (Å²) < 4.78 is 5.50. The van der Waals surface area contributed by atoms with Crippen LogP contribution in [-0.4, -0.2) is 46.9 Å². The first kappa shape index (κ1) is 21.8. The van der Waals surface area contributed by atoms with Gasteiger partial charge in [0.2, 0.25) is 5.91 Å². The molecule has 0 bridgehead atoms. The molecule has 2 amide bonds. The number of amides is 2. The molecule has 0 saturated carbocycles. The average molecular weight is 432 g/mol. The number of hydrogen-bond donors (Lipinski definition) is 1. The smallest absolute Gasteiger partial charge is 0.258 e. The van der Waals surface area contributed by atoms with E-state index >= 15 is 0 Å². The molecule has 3 aromatic rings. The number of ether oxygens (including phenoxy) is 1. The van der Waals surface area contributed by atoms with E-state index < -0.39 is 5.54 Å². The fourth-order valence-corrected chi connectivity index (χ4v) is 4.34. The van der Waals surface area contributed by atoms with Gasteiger partial charge in [-0.05, 0) is 62.4 Å². The summed E-state index contributed by atoms with van der Waals surface area (Å²) >= 11 is 0. The van der Waals surface area contributed by atoms with E-state index in [1.165, 1.54) is 10.9 Å². The molecule has 2 aromatic carbocycles. The fraction of sp³-hybridized carbons (Fsp3) is 0.346. The molecule has 6 heteroatoms. The maximum absolute atomic E-state index is 13.1. The van der Waals surface area contributed by atoms with Crippen LogP contribution in [-0.2, 0) is 16.0 Å². The van der Waals surface area contributed by atoms with Gasteiger partial charge < -0.3 is 15.0 Å². The zero-order valence-electron chi connectivity index (χ0n) is 18.6. The number of benzene rings is 2. The van der Waals surface area contributed by atoms with Crippen molar-refractivity contribution in [3.05, 3.63) is 72.4 Å². The summed E-state index contributed by atoms with van der Waals surface area (Å²) in [5.74, 6) is 0.634. The molecule has 1 aliphatic heterocycles. The van der Waals surface area contributed by atoms with Gasteiger partial charge in [-0.25, -0.2) is 0 Å². The van der Waals surface area contributed by atoms with E-state index in [1.54, 1.807) is 26.0 Å². The van der Waals surface area contributed by atoms with Crippen LogP contribution in [0.4, 0.5) is 0 Å². The average Bonchev–Trinajstić information content (AvgIpc) is 3.26. The van der Waals surface area contributed by atoms with E-state index in [2.05, 4.69) is 22.4 Å². The minimum Gasteiger partial charge on any atom is -0.484 e. The van der Waals surface area contributed by atoms with Crippen molar-refractivity contribution in [1.29, 1.82) is 0 Å². The molecule has 1 fully saturated rings. The third-order valence-electron chi connectivity index (χ3n) is 5.92. The predicted molar refractivity (Wildman–Crippen MR) is 124 cm³/mol. The Labute approximate surface area is 188 Å². The molecule has 1 N–H and O–H groups in total. The Hall–Kier alpha value is -3.41. The van der Waals surface area contributed by atoms with Crippen LogP contribution in [0.5, 0.6) is 5.75 Å². The van der Waals surface area contributed by atoms with Crippen molar-refractivity contribution in [3.63, 3.8) is 0 Å². The molecule has 4 rings (SSSR count). The molecule has 1 saturated heterocycles. The van der Waals surface area contributed by atoms with Gasteiger partial charge in [0.15, 0.2) is 6.61 Å². The highest BCUT2D eigenvalue weighted by Crippen LogP contribution is 2.26. The van der Waals surface area contributed by atoms with Crippen LogP contribution in [0.1, 0.15) is 25.8 Å². The molecule has 0 aliphatic carbocycles. The molecule has 1 atom stereocenters. The number of para-hydroxylation sites is 1. The van der Waals surface area contributed by atoms with Gasteiger partial charge >= 0.3 is 0 Å². The number of pyridine rings is 1. The van der Waals surface area contributed by atoms with Crippen molar-refractivity contribution in [3.8, 4) is 5.75 Å². The van der Waals surface area contributed by atoms with Gasteiger partial charge in [0.1, 0.15) is 11.3 Å². The quantitative estimate of drug-likeness (QED) is 0.621. The molecule has 2 heterocycles. The van der Waals surface area contributed by atoms with Crippen LogP contribution in [0.3, 0.4) is 0 Å². The molecule has 166 valence electrons. The summed E-state index contributed by atoms with van der Waals surface area (Å²) in [6.45, 7) is 4.76. The van der Waals surface area contributed by atoms with Gasteiger partial charge in [-0.3, -0.25) is 14.6 Å². The Balaban J connectivity index is 1.32. The number of nitrogens with one attached hydrogen (secondary N) is 1. The normalized spacial score (nSPS) is 16.2. The first-order valence-corrected chi connectivity index (χ1v) is 11.0. The highest BCUT2D eigenvalue weighted by atomic mass is 16.5. The Morgan fingerprint density at radius 2 is 1.91 bits per heavy atom. The molecule has 32 heavy (non-hydrogen) atoms. The second kappa shape index (κ2) is 9.39. The molecule has 1 aromatic heterocycles. The van der Waals surface area contributed by atoms with E-state index in [0.29, 0.717) is 24.8 Å². The van der Waals surface area contributed by atoms with E-state index in [0.717, 1.165) is 18.4 Å². The molecule has 0 spiro atoms. The Morgan fingerprint density at radius 1 is 1.09 bits per heavy atom. The first-order chi connectivity index (χ1) is 15.4. The minimum atomic E-state index is -0.991. The number of likely N-dealkylation sites (tertiary alicyclic amines) is 1. The third kappa shape index (κ3) is 5.07. The molecular weight excluding hydrogens is 402 g/mol. The lowest BCUT2D eigenvalue weighted by molar-refractivity contribution is -0.140. The van der Waals surface area contributed by atoms with E-state index in [1.807, 2.05) is 47.5 Å².